The number of nitrogens with zero attached hydrogens (tertiary/aromatic N) is 4. The molecular weight excluding hydrogens is 376 g/mol. The van der Waals surface area contributed by atoms with Crippen molar-refractivity contribution in [3.8, 4) is 11.5 Å². The Morgan fingerprint density at radius 1 is 1.36 bits per heavy atom. The third kappa shape index (κ3) is 4.02. The van der Waals surface area contributed by atoms with Crippen molar-refractivity contribution in [1.29, 1.82) is 0 Å². The molecule has 1 atom stereocenters. The van der Waals surface area contributed by atoms with Gasteiger partial charge in [-0.2, -0.15) is 0 Å². The maximum atomic E-state index is 12.8. The van der Waals surface area contributed by atoms with Crippen LogP contribution in [0.5, 0.6) is 0 Å². The van der Waals surface area contributed by atoms with Crippen LogP contribution in [0, 0.1) is 13.8 Å². The van der Waals surface area contributed by atoms with E-state index >= 15 is 0 Å². The molecule has 4 heterocycles. The highest BCUT2D eigenvalue weighted by molar-refractivity contribution is 7.99. The molecule has 146 valence electrons. The van der Waals surface area contributed by atoms with Crippen molar-refractivity contribution in [3.63, 3.8) is 0 Å². The molecule has 0 unspecified atom stereocenters. The van der Waals surface area contributed by atoms with Gasteiger partial charge < -0.3 is 13.7 Å². The number of ether oxygens (including phenoxy) is 1. The Balaban J connectivity index is 1.41. The molecule has 1 fully saturated rings. The fourth-order valence-electron chi connectivity index (χ4n) is 3.44. The minimum absolute atomic E-state index is 0.0535. The summed E-state index contributed by atoms with van der Waals surface area (Å²) in [6.45, 7) is 5.66. The first-order valence-electron chi connectivity index (χ1n) is 9.30. The molecule has 7 nitrogen and oxygen atoms in total. The summed E-state index contributed by atoms with van der Waals surface area (Å²) in [6.07, 6.45) is 5.77. The molecule has 0 N–H and O–H groups in total. The molecule has 0 bridgehead atoms. The fourth-order valence-corrected chi connectivity index (χ4v) is 4.08. The van der Waals surface area contributed by atoms with E-state index in [0.29, 0.717) is 11.1 Å². The van der Waals surface area contributed by atoms with Crippen LogP contribution in [-0.2, 0) is 11.3 Å². The van der Waals surface area contributed by atoms with Crippen LogP contribution in [0.15, 0.2) is 40.2 Å². The van der Waals surface area contributed by atoms with Crippen molar-refractivity contribution in [2.24, 2.45) is 0 Å². The largest absolute Gasteiger partial charge is 0.411 e. The van der Waals surface area contributed by atoms with Gasteiger partial charge in [-0.3, -0.25) is 9.78 Å². The minimum atomic E-state index is 0.0535. The van der Waals surface area contributed by atoms with E-state index in [4.69, 9.17) is 9.15 Å². The third-order valence-electron chi connectivity index (χ3n) is 4.93. The van der Waals surface area contributed by atoms with Crippen LogP contribution in [0.25, 0.3) is 11.5 Å². The Morgan fingerprint density at radius 2 is 2.25 bits per heavy atom. The topological polar surface area (TPSA) is 83.0 Å². The summed E-state index contributed by atoms with van der Waals surface area (Å²) in [6, 6.07) is 5.62. The smallest absolute Gasteiger partial charge is 0.277 e. The molecule has 8 heteroatoms. The fraction of sp³-hybridized carbons (Fsp3) is 0.400. The average molecular weight is 398 g/mol. The summed E-state index contributed by atoms with van der Waals surface area (Å²) < 4.78 is 13.6. The first-order chi connectivity index (χ1) is 13.6. The Bertz CT molecular complexity index is 961. The summed E-state index contributed by atoms with van der Waals surface area (Å²) in [4.78, 5) is 16.8. The first kappa shape index (κ1) is 18.9. The van der Waals surface area contributed by atoms with Crippen molar-refractivity contribution in [1.82, 2.24) is 19.7 Å². The van der Waals surface area contributed by atoms with Crippen LogP contribution in [0.4, 0.5) is 0 Å². The number of thioether (sulfide) groups is 1. The standard InChI is InChI=1S/C20H22N4O3S/c1-13-9-17(14(2)24(13)11-16-6-4-8-26-16)18(25)12-28-20-23-22-19(27-20)15-5-3-7-21-10-15/h3,5,7,9-10,16H,4,6,8,11-12H2,1-2H3/t16-/m0/s1. The van der Waals surface area contributed by atoms with Crippen molar-refractivity contribution >= 4 is 17.5 Å². The van der Waals surface area contributed by atoms with E-state index in [1.54, 1.807) is 12.4 Å². The lowest BCUT2D eigenvalue weighted by Crippen LogP contribution is -2.17. The maximum absolute atomic E-state index is 12.8. The highest BCUT2D eigenvalue weighted by Gasteiger charge is 2.21. The zero-order valence-electron chi connectivity index (χ0n) is 15.9. The Kier molecular flexibility index (Phi) is 5.59. The number of carbonyl (C=O) groups is 1. The van der Waals surface area contributed by atoms with Gasteiger partial charge in [-0.1, -0.05) is 11.8 Å². The Hall–Kier alpha value is -2.45. The molecule has 0 aromatic carbocycles. The molecule has 28 heavy (non-hydrogen) atoms. The van der Waals surface area contributed by atoms with Gasteiger partial charge in [0.1, 0.15) is 0 Å². The molecule has 3 aromatic heterocycles. The van der Waals surface area contributed by atoms with Gasteiger partial charge in [0.2, 0.25) is 5.89 Å². The minimum Gasteiger partial charge on any atom is -0.411 e. The highest BCUT2D eigenvalue weighted by Crippen LogP contribution is 2.25. The molecular formula is C20H22N4O3S. The lowest BCUT2D eigenvalue weighted by molar-refractivity contribution is 0.0957. The molecule has 3 aromatic rings. The highest BCUT2D eigenvalue weighted by atomic mass is 32.2. The van der Waals surface area contributed by atoms with Gasteiger partial charge >= 0.3 is 0 Å². The number of carbonyl (C=O) groups excluding carboxylic acids is 1. The van der Waals surface area contributed by atoms with Crippen LogP contribution in [0.2, 0.25) is 0 Å². The molecule has 0 amide bonds. The number of aromatic nitrogens is 4. The second kappa shape index (κ2) is 8.28. The van der Waals surface area contributed by atoms with Crippen molar-refractivity contribution in [2.75, 3.05) is 12.4 Å². The lowest BCUT2D eigenvalue weighted by Gasteiger charge is -2.14. The third-order valence-corrected chi connectivity index (χ3v) is 5.74. The van der Waals surface area contributed by atoms with Crippen molar-refractivity contribution in [3.05, 3.63) is 47.5 Å². The van der Waals surface area contributed by atoms with Crippen LogP contribution in [0.3, 0.4) is 0 Å². The second-order valence-corrected chi connectivity index (χ2v) is 7.78. The number of Topliss-reactive ketones (excluding diaryl/α,β-unsaturated/α-hetero) is 1. The van der Waals surface area contributed by atoms with E-state index < -0.39 is 0 Å². The maximum Gasteiger partial charge on any atom is 0.277 e. The number of hydrogen-bond donors (Lipinski definition) is 0. The van der Waals surface area contributed by atoms with Crippen molar-refractivity contribution < 1.29 is 13.9 Å². The number of pyridine rings is 1. The lowest BCUT2D eigenvalue weighted by atomic mass is 10.2. The van der Waals surface area contributed by atoms with Crippen LogP contribution >= 0.6 is 11.8 Å². The van der Waals surface area contributed by atoms with Crippen LogP contribution in [0.1, 0.15) is 34.6 Å². The van der Waals surface area contributed by atoms with E-state index in [-0.39, 0.29) is 17.6 Å². The summed E-state index contributed by atoms with van der Waals surface area (Å²) >= 11 is 1.25. The van der Waals surface area contributed by atoms with Gasteiger partial charge in [-0.15, -0.1) is 10.2 Å². The molecule has 1 aliphatic rings. The van der Waals surface area contributed by atoms with E-state index in [1.165, 1.54) is 11.8 Å². The molecule has 0 spiro atoms. The average Bonchev–Trinajstić information content (AvgIpc) is 3.45. The van der Waals surface area contributed by atoms with E-state index in [9.17, 15) is 4.79 Å². The number of rotatable bonds is 7. The summed E-state index contributed by atoms with van der Waals surface area (Å²) in [5, 5.41) is 8.42. The number of ketones is 1. The molecule has 1 aliphatic heterocycles. The number of aryl methyl sites for hydroxylation is 1. The Labute approximate surface area is 167 Å². The van der Waals surface area contributed by atoms with Crippen LogP contribution < -0.4 is 0 Å². The molecule has 0 saturated carbocycles. The summed E-state index contributed by atoms with van der Waals surface area (Å²) in [5.41, 5.74) is 3.57. The SMILES string of the molecule is Cc1cc(C(=O)CSc2nnc(-c3cccnc3)o2)c(C)n1C[C@@H]1CCCO1. The van der Waals surface area contributed by atoms with E-state index in [0.717, 1.165) is 48.5 Å². The monoisotopic (exact) mass is 398 g/mol. The molecule has 0 aliphatic carbocycles. The van der Waals surface area contributed by atoms with E-state index in [2.05, 4.69) is 19.7 Å². The molecule has 0 radical (unpaired) electrons. The van der Waals surface area contributed by atoms with Gasteiger partial charge in [0.25, 0.3) is 5.22 Å². The molecule has 4 rings (SSSR count). The first-order valence-corrected chi connectivity index (χ1v) is 10.3. The van der Waals surface area contributed by atoms with Gasteiger partial charge in [0.05, 0.1) is 17.4 Å². The quantitative estimate of drug-likeness (QED) is 0.443. The Morgan fingerprint density at radius 3 is 3.00 bits per heavy atom. The molecule has 1 saturated heterocycles. The predicted octanol–water partition coefficient (Wildman–Crippen LogP) is 3.70. The van der Waals surface area contributed by atoms with Gasteiger partial charge in [-0.25, -0.2) is 0 Å². The zero-order valence-corrected chi connectivity index (χ0v) is 16.7. The van der Waals surface area contributed by atoms with E-state index in [1.807, 2.05) is 32.0 Å². The van der Waals surface area contributed by atoms with Crippen molar-refractivity contribution in [2.45, 2.75) is 44.6 Å². The predicted molar refractivity (Wildman–Crippen MR) is 105 cm³/mol. The number of hydrogen-bond acceptors (Lipinski definition) is 7. The normalized spacial score (nSPS) is 16.6. The summed E-state index contributed by atoms with van der Waals surface area (Å²) in [5.74, 6) is 0.703. The van der Waals surface area contributed by atoms with Gasteiger partial charge in [0.15, 0.2) is 5.78 Å². The zero-order chi connectivity index (χ0) is 19.5. The summed E-state index contributed by atoms with van der Waals surface area (Å²) in [7, 11) is 0. The van der Waals surface area contributed by atoms with Crippen LogP contribution in [-0.4, -0.2) is 44.0 Å². The van der Waals surface area contributed by atoms with Gasteiger partial charge in [0, 0.05) is 42.5 Å². The van der Waals surface area contributed by atoms with Gasteiger partial charge in [-0.05, 0) is 44.9 Å². The second-order valence-electron chi connectivity index (χ2n) is 6.86.